The van der Waals surface area contributed by atoms with Gasteiger partial charge in [-0.05, 0) is 75.4 Å². The molecule has 7 nitrogen and oxygen atoms in total. The van der Waals surface area contributed by atoms with Crippen LogP contribution in [0.15, 0.2) is 91.3 Å². The Morgan fingerprint density at radius 3 is 2.13 bits per heavy atom. The number of amides is 1. The topological polar surface area (TPSA) is 73.4 Å². The van der Waals surface area contributed by atoms with Crippen LogP contribution in [0.1, 0.15) is 28.4 Å². The van der Waals surface area contributed by atoms with Crippen molar-refractivity contribution in [1.29, 1.82) is 0 Å². The van der Waals surface area contributed by atoms with Crippen molar-refractivity contribution in [2.24, 2.45) is 0 Å². The van der Waals surface area contributed by atoms with Gasteiger partial charge in [-0.1, -0.05) is 35.9 Å². The van der Waals surface area contributed by atoms with Crippen molar-refractivity contribution >= 4 is 28.9 Å². The lowest BCUT2D eigenvalue weighted by molar-refractivity contribution is 0.0746. The molecular weight excluding hydrogens is 484 g/mol. The minimum Gasteiger partial charge on any atom is -0.368 e. The van der Waals surface area contributed by atoms with Crippen molar-refractivity contribution in [2.45, 2.75) is 20.8 Å². The number of aryl methyl sites for hydroxylation is 2. The third kappa shape index (κ3) is 6.44. The van der Waals surface area contributed by atoms with Gasteiger partial charge < -0.3 is 20.4 Å². The highest BCUT2D eigenvalue weighted by Gasteiger charge is 2.22. The molecule has 1 aliphatic heterocycles. The van der Waals surface area contributed by atoms with E-state index in [4.69, 9.17) is 4.98 Å². The van der Waals surface area contributed by atoms with Crippen LogP contribution in [0, 0.1) is 13.8 Å². The highest BCUT2D eigenvalue weighted by molar-refractivity contribution is 5.94. The number of rotatable bonds is 7. The summed E-state index contributed by atoms with van der Waals surface area (Å²) in [5.41, 5.74) is 8.82. The Kier molecular flexibility index (Phi) is 7.59. The SMILES string of the molecule is C=C(C)Nc1ccc(-c2ccnc(Nc3ccc(N4CCN(C(=O)c5cc(C)cc(C)c5)CC4)cc3)n2)cc1. The molecule has 2 heterocycles. The summed E-state index contributed by atoms with van der Waals surface area (Å²) in [6, 6.07) is 24.3. The first-order chi connectivity index (χ1) is 18.8. The average Bonchev–Trinajstić information content (AvgIpc) is 2.93. The van der Waals surface area contributed by atoms with E-state index in [1.807, 2.05) is 80.3 Å². The molecule has 0 bridgehead atoms. The summed E-state index contributed by atoms with van der Waals surface area (Å²) in [5.74, 6) is 0.658. The number of carbonyl (C=O) groups excluding carboxylic acids is 1. The molecule has 4 aromatic rings. The third-order valence-electron chi connectivity index (χ3n) is 6.72. The van der Waals surface area contributed by atoms with Crippen molar-refractivity contribution in [3.05, 3.63) is 108 Å². The third-order valence-corrected chi connectivity index (χ3v) is 6.72. The van der Waals surface area contributed by atoms with E-state index in [-0.39, 0.29) is 5.91 Å². The lowest BCUT2D eigenvalue weighted by Gasteiger charge is -2.36. The zero-order valence-corrected chi connectivity index (χ0v) is 22.7. The molecule has 1 aliphatic rings. The molecule has 0 saturated carbocycles. The largest absolute Gasteiger partial charge is 0.368 e. The van der Waals surface area contributed by atoms with Gasteiger partial charge in [0.25, 0.3) is 5.91 Å². The first-order valence-corrected chi connectivity index (χ1v) is 13.2. The van der Waals surface area contributed by atoms with Gasteiger partial charge in [-0.15, -0.1) is 0 Å². The monoisotopic (exact) mass is 518 g/mol. The summed E-state index contributed by atoms with van der Waals surface area (Å²) in [5, 5.41) is 6.53. The highest BCUT2D eigenvalue weighted by Crippen LogP contribution is 2.24. The molecule has 0 atom stereocenters. The Morgan fingerprint density at radius 1 is 0.846 bits per heavy atom. The number of nitrogens with zero attached hydrogens (tertiary/aromatic N) is 4. The smallest absolute Gasteiger partial charge is 0.253 e. The second-order valence-corrected chi connectivity index (χ2v) is 10.1. The molecule has 1 saturated heterocycles. The number of piperazine rings is 1. The van der Waals surface area contributed by atoms with Crippen molar-refractivity contribution in [3.8, 4) is 11.3 Å². The van der Waals surface area contributed by atoms with E-state index in [1.165, 1.54) is 0 Å². The van der Waals surface area contributed by atoms with E-state index in [0.29, 0.717) is 19.0 Å². The lowest BCUT2D eigenvalue weighted by Crippen LogP contribution is -2.48. The number of allylic oxidation sites excluding steroid dienone is 1. The molecule has 0 spiro atoms. The van der Waals surface area contributed by atoms with E-state index in [1.54, 1.807) is 6.20 Å². The number of anilines is 4. The van der Waals surface area contributed by atoms with Crippen LogP contribution in [-0.4, -0.2) is 47.0 Å². The maximum atomic E-state index is 13.0. The summed E-state index contributed by atoms with van der Waals surface area (Å²) >= 11 is 0. The van der Waals surface area contributed by atoms with Crippen LogP contribution in [0.25, 0.3) is 11.3 Å². The molecule has 5 rings (SSSR count). The zero-order chi connectivity index (χ0) is 27.4. The number of carbonyl (C=O) groups is 1. The fourth-order valence-electron chi connectivity index (χ4n) is 4.88. The van der Waals surface area contributed by atoms with Gasteiger partial charge in [0.15, 0.2) is 0 Å². The van der Waals surface area contributed by atoms with E-state index in [2.05, 4.69) is 45.3 Å². The summed E-state index contributed by atoms with van der Waals surface area (Å²) in [6.07, 6.45) is 1.76. The maximum absolute atomic E-state index is 13.0. The Bertz CT molecular complexity index is 1450. The Balaban J connectivity index is 1.18. The van der Waals surface area contributed by atoms with Gasteiger partial charge in [0.1, 0.15) is 0 Å². The van der Waals surface area contributed by atoms with Crippen LogP contribution in [0.4, 0.5) is 23.0 Å². The molecule has 2 N–H and O–H groups in total. The molecule has 0 unspecified atom stereocenters. The van der Waals surface area contributed by atoms with Gasteiger partial charge in [-0.3, -0.25) is 4.79 Å². The minimum atomic E-state index is 0.114. The van der Waals surface area contributed by atoms with Crippen LogP contribution in [0.3, 0.4) is 0 Å². The summed E-state index contributed by atoms with van der Waals surface area (Å²) in [6.45, 7) is 12.9. The van der Waals surface area contributed by atoms with E-state index >= 15 is 0 Å². The quantitative estimate of drug-likeness (QED) is 0.294. The standard InChI is InChI=1S/C32H34N6O/c1-22(2)34-27-7-5-25(6-8-27)30-13-14-33-32(36-30)35-28-9-11-29(12-10-28)37-15-17-38(18-16-37)31(39)26-20-23(3)19-24(4)21-26/h5-14,19-21,34H,1,15-18H2,2-4H3,(H,33,35,36). The number of benzene rings is 3. The Labute approximate surface area is 230 Å². The maximum Gasteiger partial charge on any atom is 0.253 e. The molecule has 7 heteroatoms. The number of hydrogen-bond acceptors (Lipinski definition) is 6. The zero-order valence-electron chi connectivity index (χ0n) is 22.7. The summed E-state index contributed by atoms with van der Waals surface area (Å²) in [4.78, 5) is 26.4. The Morgan fingerprint density at radius 2 is 1.49 bits per heavy atom. The van der Waals surface area contributed by atoms with Crippen LogP contribution in [-0.2, 0) is 0 Å². The summed E-state index contributed by atoms with van der Waals surface area (Å²) in [7, 11) is 0. The van der Waals surface area contributed by atoms with E-state index in [0.717, 1.165) is 63.8 Å². The molecule has 198 valence electrons. The van der Waals surface area contributed by atoms with E-state index in [9.17, 15) is 4.79 Å². The normalized spacial score (nSPS) is 13.2. The number of nitrogens with one attached hydrogen (secondary N) is 2. The molecule has 0 aliphatic carbocycles. The second-order valence-electron chi connectivity index (χ2n) is 10.1. The first kappa shape index (κ1) is 26.0. The lowest BCUT2D eigenvalue weighted by atomic mass is 10.1. The minimum absolute atomic E-state index is 0.114. The van der Waals surface area contributed by atoms with E-state index < -0.39 is 0 Å². The van der Waals surface area contributed by atoms with Crippen molar-refractivity contribution in [2.75, 3.05) is 41.7 Å². The predicted octanol–water partition coefficient (Wildman–Crippen LogP) is 6.41. The number of hydrogen-bond donors (Lipinski definition) is 2. The molecule has 0 radical (unpaired) electrons. The van der Waals surface area contributed by atoms with Gasteiger partial charge in [0.2, 0.25) is 5.95 Å². The van der Waals surface area contributed by atoms with Gasteiger partial charge in [-0.25, -0.2) is 9.97 Å². The predicted molar refractivity (Wildman–Crippen MR) is 160 cm³/mol. The van der Waals surface area contributed by atoms with Crippen LogP contribution >= 0.6 is 0 Å². The molecule has 1 aromatic heterocycles. The highest BCUT2D eigenvalue weighted by atomic mass is 16.2. The fourth-order valence-corrected chi connectivity index (χ4v) is 4.88. The Hall–Kier alpha value is -4.65. The summed E-state index contributed by atoms with van der Waals surface area (Å²) < 4.78 is 0. The fraction of sp³-hybridized carbons (Fsp3) is 0.219. The molecular formula is C32H34N6O. The molecule has 39 heavy (non-hydrogen) atoms. The van der Waals surface area contributed by atoms with Crippen LogP contribution in [0.5, 0.6) is 0 Å². The van der Waals surface area contributed by atoms with Crippen LogP contribution in [0.2, 0.25) is 0 Å². The second kappa shape index (κ2) is 11.4. The van der Waals surface area contributed by atoms with Crippen LogP contribution < -0.4 is 15.5 Å². The van der Waals surface area contributed by atoms with Gasteiger partial charge >= 0.3 is 0 Å². The molecule has 1 fully saturated rings. The molecule has 3 aromatic carbocycles. The van der Waals surface area contributed by atoms with Crippen molar-refractivity contribution in [1.82, 2.24) is 14.9 Å². The average molecular weight is 519 g/mol. The molecule has 1 amide bonds. The van der Waals surface area contributed by atoms with Crippen molar-refractivity contribution in [3.63, 3.8) is 0 Å². The van der Waals surface area contributed by atoms with Crippen molar-refractivity contribution < 1.29 is 4.79 Å². The first-order valence-electron chi connectivity index (χ1n) is 13.2. The van der Waals surface area contributed by atoms with Gasteiger partial charge in [-0.2, -0.15) is 0 Å². The number of aromatic nitrogens is 2. The van der Waals surface area contributed by atoms with Gasteiger partial charge in [0.05, 0.1) is 5.69 Å². The van der Waals surface area contributed by atoms with Gasteiger partial charge in [0, 0.05) is 66.3 Å².